The molecule has 0 aliphatic rings. The van der Waals surface area contributed by atoms with E-state index in [2.05, 4.69) is 5.16 Å². The molecule has 4 aromatic carbocycles. The highest BCUT2D eigenvalue weighted by Gasteiger charge is 2.22. The first kappa shape index (κ1) is 19.6. The van der Waals surface area contributed by atoms with Gasteiger partial charge in [-0.1, -0.05) is 89.6 Å². The van der Waals surface area contributed by atoms with Crippen LogP contribution in [-0.2, 0) is 0 Å². The average Bonchev–Trinajstić information content (AvgIpc) is 2.80. The average molecular weight is 415 g/mol. The summed E-state index contributed by atoms with van der Waals surface area (Å²) < 4.78 is 0. The molecule has 0 aliphatic heterocycles. The summed E-state index contributed by atoms with van der Waals surface area (Å²) >= 11 is 6.99. The lowest BCUT2D eigenvalue weighted by Gasteiger charge is -2.20. The van der Waals surface area contributed by atoms with Crippen LogP contribution in [0.5, 0.6) is 5.75 Å². The molecular formula is C25H19ClN2O2. The van der Waals surface area contributed by atoms with Crippen molar-refractivity contribution < 1.29 is 10.3 Å². The lowest BCUT2D eigenvalue weighted by Crippen LogP contribution is -2.15. The molecule has 0 saturated carbocycles. The molecular weight excluding hydrogens is 396 g/mol. The number of oxime groups is 1. The monoisotopic (exact) mass is 414 g/mol. The maximum Gasteiger partial charge on any atom is 0.170 e. The van der Waals surface area contributed by atoms with Gasteiger partial charge in [-0.3, -0.25) is 0 Å². The van der Waals surface area contributed by atoms with Gasteiger partial charge in [-0.25, -0.2) is 0 Å². The van der Waals surface area contributed by atoms with Crippen molar-refractivity contribution in [3.8, 4) is 39.1 Å². The van der Waals surface area contributed by atoms with Crippen LogP contribution in [-0.4, -0.2) is 16.1 Å². The number of phenols is 1. The van der Waals surface area contributed by atoms with E-state index in [0.29, 0.717) is 10.6 Å². The largest absolute Gasteiger partial charge is 0.508 e. The Morgan fingerprint density at radius 1 is 0.733 bits per heavy atom. The molecule has 4 nitrogen and oxygen atoms in total. The van der Waals surface area contributed by atoms with Gasteiger partial charge < -0.3 is 16.0 Å². The summed E-state index contributed by atoms with van der Waals surface area (Å²) in [5.41, 5.74) is 11.5. The third-order valence-corrected chi connectivity index (χ3v) is 5.34. The molecule has 0 aliphatic carbocycles. The topological polar surface area (TPSA) is 78.8 Å². The van der Waals surface area contributed by atoms with E-state index in [0.717, 1.165) is 33.4 Å². The molecule has 148 valence electrons. The Hall–Kier alpha value is -3.76. The van der Waals surface area contributed by atoms with Crippen LogP contribution < -0.4 is 5.73 Å². The Labute approximate surface area is 179 Å². The summed E-state index contributed by atoms with van der Waals surface area (Å²) in [6.07, 6.45) is 0. The van der Waals surface area contributed by atoms with Gasteiger partial charge in [-0.2, -0.15) is 0 Å². The second-order valence-corrected chi connectivity index (χ2v) is 7.18. The Bertz CT molecular complexity index is 1210. The molecule has 0 fully saturated rings. The van der Waals surface area contributed by atoms with Crippen molar-refractivity contribution in [2.75, 3.05) is 0 Å². The van der Waals surface area contributed by atoms with Crippen molar-refractivity contribution >= 4 is 17.4 Å². The number of aromatic hydroxyl groups is 1. The van der Waals surface area contributed by atoms with Crippen LogP contribution in [0.1, 0.15) is 5.56 Å². The summed E-state index contributed by atoms with van der Waals surface area (Å²) in [6, 6.07) is 28.0. The van der Waals surface area contributed by atoms with E-state index in [1.807, 2.05) is 66.7 Å². The second-order valence-electron chi connectivity index (χ2n) is 6.80. The zero-order valence-electron chi connectivity index (χ0n) is 16.0. The van der Waals surface area contributed by atoms with Crippen LogP contribution in [0.3, 0.4) is 0 Å². The standard InChI is InChI=1S/C25H19ClN2O2/c26-24-20(16-7-3-1-4-8-16)15-21(25(27)28-30)22(17-9-5-2-6-10-17)23(24)18-11-13-19(29)14-12-18/h1-15,29-30H,(H2,27,28). The quantitative estimate of drug-likeness (QED) is 0.162. The number of amidine groups is 1. The lowest BCUT2D eigenvalue weighted by atomic mass is 9.86. The van der Waals surface area contributed by atoms with Crippen molar-refractivity contribution in [2.45, 2.75) is 0 Å². The summed E-state index contributed by atoms with van der Waals surface area (Å²) in [7, 11) is 0. The number of nitrogens with zero attached hydrogens (tertiary/aromatic N) is 1. The highest BCUT2D eigenvalue weighted by Crippen LogP contribution is 2.45. The first-order chi connectivity index (χ1) is 14.6. The molecule has 0 unspecified atom stereocenters. The fourth-order valence-corrected chi connectivity index (χ4v) is 3.91. The maximum absolute atomic E-state index is 9.77. The van der Waals surface area contributed by atoms with Gasteiger partial charge in [0.15, 0.2) is 5.84 Å². The van der Waals surface area contributed by atoms with Crippen molar-refractivity contribution in [3.63, 3.8) is 0 Å². The minimum atomic E-state index is -0.0114. The van der Waals surface area contributed by atoms with Crippen LogP contribution in [0.25, 0.3) is 33.4 Å². The van der Waals surface area contributed by atoms with Gasteiger partial charge in [-0.05, 0) is 34.9 Å². The summed E-state index contributed by atoms with van der Waals surface area (Å²) in [5.74, 6) is 0.148. The van der Waals surface area contributed by atoms with E-state index in [1.165, 1.54) is 0 Å². The number of hydrogen-bond acceptors (Lipinski definition) is 3. The van der Waals surface area contributed by atoms with Crippen molar-refractivity contribution in [2.24, 2.45) is 10.9 Å². The SMILES string of the molecule is N/C(=N\O)c1cc(-c2ccccc2)c(Cl)c(-c2ccc(O)cc2)c1-c1ccccc1. The third-order valence-electron chi connectivity index (χ3n) is 4.95. The number of hydrogen-bond donors (Lipinski definition) is 3. The second kappa shape index (κ2) is 8.31. The van der Waals surface area contributed by atoms with E-state index < -0.39 is 0 Å². The maximum atomic E-state index is 9.77. The summed E-state index contributed by atoms with van der Waals surface area (Å²) in [5, 5.41) is 23.1. The predicted molar refractivity (Wildman–Crippen MR) is 122 cm³/mol. The molecule has 0 heterocycles. The van der Waals surface area contributed by atoms with Gasteiger partial charge in [-0.15, -0.1) is 0 Å². The number of nitrogens with two attached hydrogens (primary N) is 1. The van der Waals surface area contributed by atoms with Crippen LogP contribution in [0.2, 0.25) is 5.02 Å². The van der Waals surface area contributed by atoms with E-state index in [9.17, 15) is 10.3 Å². The van der Waals surface area contributed by atoms with Crippen molar-refractivity contribution in [3.05, 3.63) is 102 Å². The molecule has 0 spiro atoms. The summed E-state index contributed by atoms with van der Waals surface area (Å²) in [6.45, 7) is 0. The van der Waals surface area contributed by atoms with Gasteiger partial charge in [0.2, 0.25) is 0 Å². The molecule has 0 amide bonds. The van der Waals surface area contributed by atoms with Crippen LogP contribution >= 0.6 is 11.6 Å². The van der Waals surface area contributed by atoms with Gasteiger partial charge in [0.25, 0.3) is 0 Å². The molecule has 4 rings (SSSR count). The highest BCUT2D eigenvalue weighted by molar-refractivity contribution is 6.37. The molecule has 5 heteroatoms. The molecule has 0 atom stereocenters. The predicted octanol–water partition coefficient (Wildman–Crippen LogP) is 6.14. The molecule has 0 bridgehead atoms. The summed E-state index contributed by atoms with van der Waals surface area (Å²) in [4.78, 5) is 0. The van der Waals surface area contributed by atoms with Crippen LogP contribution in [0.15, 0.2) is 96.2 Å². The number of phenolic OH excluding ortho intramolecular Hbond substituents is 1. The van der Waals surface area contributed by atoms with Crippen LogP contribution in [0, 0.1) is 0 Å². The van der Waals surface area contributed by atoms with Gasteiger partial charge in [0.1, 0.15) is 5.75 Å². The Kier molecular flexibility index (Phi) is 5.42. The molecule has 0 radical (unpaired) electrons. The van der Waals surface area contributed by atoms with Gasteiger partial charge >= 0.3 is 0 Å². The molecule has 4 N–H and O–H groups in total. The normalized spacial score (nSPS) is 11.4. The molecule has 4 aromatic rings. The zero-order valence-corrected chi connectivity index (χ0v) is 16.7. The van der Waals surface area contributed by atoms with Crippen LogP contribution in [0.4, 0.5) is 0 Å². The van der Waals surface area contributed by atoms with Gasteiger partial charge in [0, 0.05) is 22.3 Å². The van der Waals surface area contributed by atoms with E-state index in [4.69, 9.17) is 17.3 Å². The minimum absolute atomic E-state index is 0.0114. The van der Waals surface area contributed by atoms with E-state index in [-0.39, 0.29) is 11.6 Å². The number of rotatable bonds is 4. The van der Waals surface area contributed by atoms with Crippen molar-refractivity contribution in [1.82, 2.24) is 0 Å². The Balaban J connectivity index is 2.15. The highest BCUT2D eigenvalue weighted by atomic mass is 35.5. The fraction of sp³-hybridized carbons (Fsp3) is 0. The van der Waals surface area contributed by atoms with Crippen molar-refractivity contribution in [1.29, 1.82) is 0 Å². The lowest BCUT2D eigenvalue weighted by molar-refractivity contribution is 0.318. The molecule has 0 aromatic heterocycles. The van der Waals surface area contributed by atoms with E-state index >= 15 is 0 Å². The minimum Gasteiger partial charge on any atom is -0.508 e. The molecule has 30 heavy (non-hydrogen) atoms. The van der Waals surface area contributed by atoms with E-state index in [1.54, 1.807) is 24.3 Å². The third kappa shape index (κ3) is 3.61. The Morgan fingerprint density at radius 3 is 1.83 bits per heavy atom. The molecule has 0 saturated heterocycles. The fourth-order valence-electron chi connectivity index (χ4n) is 3.55. The van der Waals surface area contributed by atoms with Gasteiger partial charge in [0.05, 0.1) is 5.02 Å². The number of halogens is 1. The first-order valence-electron chi connectivity index (χ1n) is 9.34. The zero-order chi connectivity index (χ0) is 21.1. The smallest absolute Gasteiger partial charge is 0.170 e. The first-order valence-corrected chi connectivity index (χ1v) is 9.72. The number of benzene rings is 4. The Morgan fingerprint density at radius 2 is 1.27 bits per heavy atom.